The van der Waals surface area contributed by atoms with Crippen LogP contribution in [-0.4, -0.2) is 31.1 Å². The lowest BCUT2D eigenvalue weighted by Crippen LogP contribution is -2.38. The Labute approximate surface area is 135 Å². The summed E-state index contributed by atoms with van der Waals surface area (Å²) in [5.74, 6) is 0. The van der Waals surface area contributed by atoms with Crippen molar-refractivity contribution in [1.29, 1.82) is 0 Å². The first-order chi connectivity index (χ1) is 9.92. The minimum atomic E-state index is -3.67. The van der Waals surface area contributed by atoms with Gasteiger partial charge in [0.1, 0.15) is 4.90 Å². The van der Waals surface area contributed by atoms with Gasteiger partial charge in [-0.1, -0.05) is 30.5 Å². The fraction of sp³-hybridized carbons (Fsp3) is 0.571. The summed E-state index contributed by atoms with van der Waals surface area (Å²) in [6.45, 7) is 0.199. The Kier molecular flexibility index (Phi) is 5.59. The van der Waals surface area contributed by atoms with E-state index in [0.29, 0.717) is 12.1 Å². The largest absolute Gasteiger partial charge is 0.392 e. The van der Waals surface area contributed by atoms with Gasteiger partial charge in [0.05, 0.1) is 11.6 Å². The second-order valence-electron chi connectivity index (χ2n) is 5.34. The number of nitrogens with one attached hydrogen (secondary N) is 1. The zero-order chi connectivity index (χ0) is 15.5. The van der Waals surface area contributed by atoms with Crippen LogP contribution in [0.15, 0.2) is 23.1 Å². The maximum Gasteiger partial charge on any atom is 0.242 e. The van der Waals surface area contributed by atoms with Gasteiger partial charge in [0.2, 0.25) is 10.0 Å². The molecule has 0 radical (unpaired) electrons. The first kappa shape index (κ1) is 17.1. The van der Waals surface area contributed by atoms with Crippen molar-refractivity contribution < 1.29 is 13.5 Å². The molecule has 1 aliphatic rings. The maximum absolute atomic E-state index is 12.4. The minimum Gasteiger partial charge on any atom is -0.392 e. The fourth-order valence-electron chi connectivity index (χ4n) is 2.63. The first-order valence-electron chi connectivity index (χ1n) is 6.86. The number of thioether (sulfide) groups is 1. The normalized spacial score (nSPS) is 18.0. The SMILES string of the molecule is CSC1(CNS(=O)(=O)c2cc(CO)ccc2Cl)CCCC1. The van der Waals surface area contributed by atoms with Crippen LogP contribution in [0.4, 0.5) is 0 Å². The number of aliphatic hydroxyl groups excluding tert-OH is 1. The summed E-state index contributed by atoms with van der Waals surface area (Å²) in [6.07, 6.45) is 6.37. The molecule has 0 amide bonds. The summed E-state index contributed by atoms with van der Waals surface area (Å²) >= 11 is 7.72. The summed E-state index contributed by atoms with van der Waals surface area (Å²) in [4.78, 5) is 0.0324. The van der Waals surface area contributed by atoms with Crippen molar-refractivity contribution in [3.8, 4) is 0 Å². The van der Waals surface area contributed by atoms with Gasteiger partial charge in [0.15, 0.2) is 0 Å². The summed E-state index contributed by atoms with van der Waals surface area (Å²) in [6, 6.07) is 4.54. The highest BCUT2D eigenvalue weighted by Gasteiger charge is 2.34. The molecule has 21 heavy (non-hydrogen) atoms. The van der Waals surface area contributed by atoms with E-state index in [4.69, 9.17) is 16.7 Å². The topological polar surface area (TPSA) is 66.4 Å². The van der Waals surface area contributed by atoms with E-state index in [0.717, 1.165) is 25.7 Å². The van der Waals surface area contributed by atoms with Crippen molar-refractivity contribution in [1.82, 2.24) is 4.72 Å². The Morgan fingerprint density at radius 1 is 1.38 bits per heavy atom. The molecule has 0 spiro atoms. The van der Waals surface area contributed by atoms with Gasteiger partial charge in [-0.2, -0.15) is 11.8 Å². The molecule has 4 nitrogen and oxygen atoms in total. The fourth-order valence-corrected chi connectivity index (χ4v) is 5.31. The summed E-state index contributed by atoms with van der Waals surface area (Å²) < 4.78 is 27.6. The third kappa shape index (κ3) is 3.93. The van der Waals surface area contributed by atoms with Crippen molar-refractivity contribution in [2.45, 2.75) is 41.9 Å². The number of hydrogen-bond acceptors (Lipinski definition) is 4. The van der Waals surface area contributed by atoms with Crippen molar-refractivity contribution in [2.75, 3.05) is 12.8 Å². The van der Waals surface area contributed by atoms with Crippen LogP contribution in [-0.2, 0) is 16.6 Å². The van der Waals surface area contributed by atoms with Gasteiger partial charge in [-0.05, 0) is 36.8 Å². The molecule has 1 fully saturated rings. The van der Waals surface area contributed by atoms with Crippen molar-refractivity contribution in [3.63, 3.8) is 0 Å². The molecule has 0 unspecified atom stereocenters. The van der Waals surface area contributed by atoms with Crippen molar-refractivity contribution in [3.05, 3.63) is 28.8 Å². The number of hydrogen-bond donors (Lipinski definition) is 2. The third-order valence-corrected chi connectivity index (χ3v) is 7.30. The van der Waals surface area contributed by atoms with Crippen LogP contribution in [0, 0.1) is 0 Å². The Morgan fingerprint density at radius 2 is 2.05 bits per heavy atom. The first-order valence-corrected chi connectivity index (χ1v) is 9.95. The highest BCUT2D eigenvalue weighted by atomic mass is 35.5. The molecule has 1 aromatic carbocycles. The molecule has 1 aliphatic carbocycles. The Morgan fingerprint density at radius 3 is 2.62 bits per heavy atom. The van der Waals surface area contributed by atoms with E-state index in [-0.39, 0.29) is 21.3 Å². The third-order valence-electron chi connectivity index (χ3n) is 4.00. The van der Waals surface area contributed by atoms with Gasteiger partial charge in [-0.3, -0.25) is 0 Å². The van der Waals surface area contributed by atoms with E-state index in [1.807, 2.05) is 6.26 Å². The number of aliphatic hydroxyl groups is 1. The van der Waals surface area contributed by atoms with Crippen molar-refractivity contribution in [2.24, 2.45) is 0 Å². The highest BCUT2D eigenvalue weighted by molar-refractivity contribution is 8.00. The second kappa shape index (κ2) is 6.87. The lowest BCUT2D eigenvalue weighted by Gasteiger charge is -2.27. The Bertz CT molecular complexity index is 598. The zero-order valence-electron chi connectivity index (χ0n) is 11.9. The molecule has 0 aromatic heterocycles. The summed E-state index contributed by atoms with van der Waals surface area (Å²) in [5, 5.41) is 9.31. The number of benzene rings is 1. The smallest absolute Gasteiger partial charge is 0.242 e. The molecule has 0 atom stereocenters. The van der Waals surface area contributed by atoms with Crippen LogP contribution >= 0.6 is 23.4 Å². The summed E-state index contributed by atoms with van der Waals surface area (Å²) in [5.41, 5.74) is 0.528. The van der Waals surface area contributed by atoms with E-state index in [1.54, 1.807) is 17.8 Å². The number of sulfonamides is 1. The lowest BCUT2D eigenvalue weighted by molar-refractivity contribution is 0.281. The van der Waals surface area contributed by atoms with Crippen LogP contribution in [0.3, 0.4) is 0 Å². The molecule has 0 aliphatic heterocycles. The van der Waals surface area contributed by atoms with E-state index in [9.17, 15) is 8.42 Å². The van der Waals surface area contributed by atoms with Gasteiger partial charge < -0.3 is 5.11 Å². The zero-order valence-corrected chi connectivity index (χ0v) is 14.3. The quantitative estimate of drug-likeness (QED) is 0.828. The van der Waals surface area contributed by atoms with Gasteiger partial charge in [-0.25, -0.2) is 13.1 Å². The highest BCUT2D eigenvalue weighted by Crippen LogP contribution is 2.40. The van der Waals surface area contributed by atoms with E-state index in [2.05, 4.69) is 4.72 Å². The Hall–Kier alpha value is -0.270. The standard InChI is InChI=1S/C14H20ClNO3S2/c1-20-14(6-2-3-7-14)10-16-21(18,19)13-8-11(9-17)4-5-12(13)15/h4-5,8,16-17H,2-3,6-7,9-10H2,1H3. The summed E-state index contributed by atoms with van der Waals surface area (Å²) in [7, 11) is -3.67. The molecule has 0 heterocycles. The van der Waals surface area contributed by atoms with Gasteiger partial charge in [-0.15, -0.1) is 0 Å². The molecule has 0 saturated heterocycles. The van der Waals surface area contributed by atoms with Crippen molar-refractivity contribution >= 4 is 33.4 Å². The van der Waals surface area contributed by atoms with Crippen LogP contribution in [0.1, 0.15) is 31.2 Å². The average molecular weight is 350 g/mol. The number of halogens is 1. The van der Waals surface area contributed by atoms with Gasteiger partial charge >= 0.3 is 0 Å². The monoisotopic (exact) mass is 349 g/mol. The van der Waals surface area contributed by atoms with E-state index in [1.165, 1.54) is 12.1 Å². The lowest BCUT2D eigenvalue weighted by atomic mass is 10.1. The molecule has 0 bridgehead atoms. The average Bonchev–Trinajstić information content (AvgIpc) is 2.95. The predicted molar refractivity (Wildman–Crippen MR) is 87.3 cm³/mol. The van der Waals surface area contributed by atoms with Crippen LogP contribution in [0.2, 0.25) is 5.02 Å². The van der Waals surface area contributed by atoms with Crippen LogP contribution in [0.5, 0.6) is 0 Å². The molecule has 1 aromatic rings. The molecule has 7 heteroatoms. The Balaban J connectivity index is 2.18. The number of rotatable bonds is 6. The molecule has 118 valence electrons. The van der Waals surface area contributed by atoms with E-state index >= 15 is 0 Å². The maximum atomic E-state index is 12.4. The predicted octanol–water partition coefficient (Wildman–Crippen LogP) is 2.79. The molecule has 2 N–H and O–H groups in total. The van der Waals surface area contributed by atoms with Crippen LogP contribution in [0.25, 0.3) is 0 Å². The molecular weight excluding hydrogens is 330 g/mol. The van der Waals surface area contributed by atoms with Crippen LogP contribution < -0.4 is 4.72 Å². The molecule has 2 rings (SSSR count). The van der Waals surface area contributed by atoms with Gasteiger partial charge in [0, 0.05) is 11.3 Å². The van der Waals surface area contributed by atoms with E-state index < -0.39 is 10.0 Å². The van der Waals surface area contributed by atoms with Gasteiger partial charge in [0.25, 0.3) is 0 Å². The minimum absolute atomic E-state index is 0.00582. The molecular formula is C14H20ClNO3S2. The second-order valence-corrected chi connectivity index (χ2v) is 8.76. The molecule has 1 saturated carbocycles.